The molecule has 4 rings (SSSR count). The Morgan fingerprint density at radius 2 is 1.86 bits per heavy atom. The molecule has 0 fully saturated rings. The van der Waals surface area contributed by atoms with E-state index in [9.17, 15) is 19.3 Å². The summed E-state index contributed by atoms with van der Waals surface area (Å²) in [5.41, 5.74) is 0.857. The third kappa shape index (κ3) is 3.35. The van der Waals surface area contributed by atoms with Gasteiger partial charge in [-0.25, -0.2) is 0 Å². The number of nitro benzene ring substituents is 1. The van der Waals surface area contributed by atoms with E-state index in [-0.39, 0.29) is 12.3 Å². The molecule has 1 heterocycles. The number of carbonyl (C=O) groups excluding carboxylic acids is 1. The maximum Gasteiger partial charge on any atom is 0.306 e. The summed E-state index contributed by atoms with van der Waals surface area (Å²) in [6.45, 7) is -0.313. The number of halogens is 1. The Labute approximate surface area is 157 Å². The molecule has 0 aliphatic rings. The molecule has 0 bridgehead atoms. The number of amides is 1. The Morgan fingerprint density at radius 3 is 2.68 bits per heavy atom. The standard InChI is InChI=1S/C20H13FN2O5/c21-16-7-5-12(9-17(16)23(25)26)22-20(24)11-27-13-6-8-19-15(10-13)14-3-1-2-4-18(14)28-19/h1-10H,11H2,(H,22,24). The highest BCUT2D eigenvalue weighted by atomic mass is 19.1. The zero-order valence-corrected chi connectivity index (χ0v) is 14.3. The van der Waals surface area contributed by atoms with E-state index >= 15 is 0 Å². The van der Waals surface area contributed by atoms with E-state index < -0.39 is 22.3 Å². The van der Waals surface area contributed by atoms with Crippen molar-refractivity contribution in [3.63, 3.8) is 0 Å². The first kappa shape index (κ1) is 17.5. The van der Waals surface area contributed by atoms with Crippen LogP contribution in [0.15, 0.2) is 65.1 Å². The highest BCUT2D eigenvalue weighted by Gasteiger charge is 2.15. The third-order valence-corrected chi connectivity index (χ3v) is 4.14. The topological polar surface area (TPSA) is 94.6 Å². The second-order valence-corrected chi connectivity index (χ2v) is 6.02. The summed E-state index contributed by atoms with van der Waals surface area (Å²) >= 11 is 0. The van der Waals surface area contributed by atoms with Gasteiger partial charge in [-0.15, -0.1) is 0 Å². The number of nitrogens with zero attached hydrogens (tertiary/aromatic N) is 1. The highest BCUT2D eigenvalue weighted by molar-refractivity contribution is 6.05. The van der Waals surface area contributed by atoms with Crippen LogP contribution in [0.5, 0.6) is 5.75 Å². The van der Waals surface area contributed by atoms with Gasteiger partial charge in [-0.05, 0) is 36.4 Å². The fourth-order valence-corrected chi connectivity index (χ4v) is 2.87. The molecule has 4 aromatic rings. The van der Waals surface area contributed by atoms with E-state index in [1.54, 1.807) is 18.2 Å². The lowest BCUT2D eigenvalue weighted by Gasteiger charge is -2.08. The van der Waals surface area contributed by atoms with E-state index in [0.717, 1.165) is 28.5 Å². The monoisotopic (exact) mass is 380 g/mol. The molecular formula is C20H13FN2O5. The number of hydrogen-bond donors (Lipinski definition) is 1. The van der Waals surface area contributed by atoms with Crippen LogP contribution in [0.25, 0.3) is 21.9 Å². The van der Waals surface area contributed by atoms with Crippen LogP contribution in [-0.2, 0) is 4.79 Å². The summed E-state index contributed by atoms with van der Waals surface area (Å²) < 4.78 is 24.6. The molecule has 1 amide bonds. The number of para-hydroxylation sites is 1. The lowest BCUT2D eigenvalue weighted by atomic mass is 10.1. The largest absolute Gasteiger partial charge is 0.484 e. The van der Waals surface area contributed by atoms with Gasteiger partial charge in [0.05, 0.1) is 4.92 Å². The first-order valence-electron chi connectivity index (χ1n) is 8.29. The minimum absolute atomic E-state index is 0.109. The van der Waals surface area contributed by atoms with Crippen molar-refractivity contribution in [1.82, 2.24) is 0 Å². The van der Waals surface area contributed by atoms with Gasteiger partial charge in [-0.2, -0.15) is 4.39 Å². The molecule has 0 spiro atoms. The summed E-state index contributed by atoms with van der Waals surface area (Å²) in [6.07, 6.45) is 0. The zero-order valence-electron chi connectivity index (χ0n) is 14.3. The Bertz CT molecular complexity index is 1220. The van der Waals surface area contributed by atoms with Crippen molar-refractivity contribution in [2.45, 2.75) is 0 Å². The van der Waals surface area contributed by atoms with Crippen LogP contribution in [0.1, 0.15) is 0 Å². The number of anilines is 1. The van der Waals surface area contributed by atoms with Crippen molar-refractivity contribution in [3.8, 4) is 5.75 Å². The molecular weight excluding hydrogens is 367 g/mol. The minimum Gasteiger partial charge on any atom is -0.484 e. The number of hydrogen-bond acceptors (Lipinski definition) is 5. The van der Waals surface area contributed by atoms with E-state index in [2.05, 4.69) is 5.32 Å². The molecule has 0 saturated carbocycles. The number of rotatable bonds is 5. The molecule has 0 atom stereocenters. The van der Waals surface area contributed by atoms with Gasteiger partial charge in [0.25, 0.3) is 5.91 Å². The Kier molecular flexibility index (Phi) is 4.36. The van der Waals surface area contributed by atoms with E-state index in [4.69, 9.17) is 9.15 Å². The number of carbonyl (C=O) groups is 1. The summed E-state index contributed by atoms with van der Waals surface area (Å²) in [5, 5.41) is 15.0. The van der Waals surface area contributed by atoms with Crippen molar-refractivity contribution in [2.24, 2.45) is 0 Å². The maximum absolute atomic E-state index is 13.4. The Balaban J connectivity index is 1.47. The molecule has 1 aromatic heterocycles. The van der Waals surface area contributed by atoms with E-state index in [1.807, 2.05) is 24.3 Å². The minimum atomic E-state index is -0.972. The van der Waals surface area contributed by atoms with E-state index in [1.165, 1.54) is 6.07 Å². The highest BCUT2D eigenvalue weighted by Crippen LogP contribution is 2.31. The number of benzene rings is 3. The van der Waals surface area contributed by atoms with Gasteiger partial charge in [0.15, 0.2) is 6.61 Å². The smallest absolute Gasteiger partial charge is 0.306 e. The molecule has 0 aliphatic carbocycles. The maximum atomic E-state index is 13.4. The average molecular weight is 380 g/mol. The SMILES string of the molecule is O=C(COc1ccc2oc3ccccc3c2c1)Nc1ccc(F)c([N+](=O)[O-])c1. The molecule has 0 aliphatic heterocycles. The molecule has 0 unspecified atom stereocenters. The lowest BCUT2D eigenvalue weighted by molar-refractivity contribution is -0.387. The van der Waals surface area contributed by atoms with Crippen molar-refractivity contribution in [1.29, 1.82) is 0 Å². The van der Waals surface area contributed by atoms with Gasteiger partial charge in [-0.3, -0.25) is 14.9 Å². The summed E-state index contributed by atoms with van der Waals surface area (Å²) in [7, 11) is 0. The lowest BCUT2D eigenvalue weighted by Crippen LogP contribution is -2.20. The molecule has 28 heavy (non-hydrogen) atoms. The van der Waals surface area contributed by atoms with Crippen molar-refractivity contribution in [2.75, 3.05) is 11.9 Å². The third-order valence-electron chi connectivity index (χ3n) is 4.14. The van der Waals surface area contributed by atoms with E-state index in [0.29, 0.717) is 11.3 Å². The molecule has 0 saturated heterocycles. The molecule has 1 N–H and O–H groups in total. The van der Waals surface area contributed by atoms with Gasteiger partial charge >= 0.3 is 5.69 Å². The molecule has 8 heteroatoms. The molecule has 7 nitrogen and oxygen atoms in total. The van der Waals surface area contributed by atoms with Crippen LogP contribution >= 0.6 is 0 Å². The predicted octanol–water partition coefficient (Wildman–Crippen LogP) is 4.65. The van der Waals surface area contributed by atoms with Gasteiger partial charge in [0.2, 0.25) is 5.82 Å². The van der Waals surface area contributed by atoms with Crippen LogP contribution in [-0.4, -0.2) is 17.4 Å². The summed E-state index contributed by atoms with van der Waals surface area (Å²) in [6, 6.07) is 15.9. The summed E-state index contributed by atoms with van der Waals surface area (Å²) in [4.78, 5) is 22.0. The quantitative estimate of drug-likeness (QED) is 0.402. The van der Waals surface area contributed by atoms with Gasteiger partial charge in [-0.1, -0.05) is 18.2 Å². The average Bonchev–Trinajstić information content (AvgIpc) is 3.05. The first-order valence-corrected chi connectivity index (χ1v) is 8.29. The van der Waals surface area contributed by atoms with Gasteiger partial charge in [0, 0.05) is 22.5 Å². The van der Waals surface area contributed by atoms with Crippen LogP contribution in [0.4, 0.5) is 15.8 Å². The van der Waals surface area contributed by atoms with Crippen molar-refractivity contribution < 1.29 is 23.3 Å². The summed E-state index contributed by atoms with van der Waals surface area (Å²) in [5.74, 6) is -1.03. The second-order valence-electron chi connectivity index (χ2n) is 6.02. The predicted molar refractivity (Wildman–Crippen MR) is 101 cm³/mol. The van der Waals surface area contributed by atoms with Crippen LogP contribution < -0.4 is 10.1 Å². The Morgan fingerprint density at radius 1 is 1.07 bits per heavy atom. The fourth-order valence-electron chi connectivity index (χ4n) is 2.87. The van der Waals surface area contributed by atoms with Crippen molar-refractivity contribution in [3.05, 3.63) is 76.6 Å². The molecule has 3 aromatic carbocycles. The molecule has 140 valence electrons. The van der Waals surface area contributed by atoms with Gasteiger partial charge in [0.1, 0.15) is 16.9 Å². The second kappa shape index (κ2) is 6.99. The normalized spacial score (nSPS) is 10.9. The van der Waals surface area contributed by atoms with Crippen molar-refractivity contribution >= 4 is 39.2 Å². The van der Waals surface area contributed by atoms with Crippen LogP contribution in [0.3, 0.4) is 0 Å². The molecule has 0 radical (unpaired) electrons. The zero-order chi connectivity index (χ0) is 19.7. The van der Waals surface area contributed by atoms with Gasteiger partial charge < -0.3 is 14.5 Å². The van der Waals surface area contributed by atoms with Crippen LogP contribution in [0.2, 0.25) is 0 Å². The number of fused-ring (bicyclic) bond motifs is 3. The number of ether oxygens (including phenoxy) is 1. The number of nitro groups is 1. The first-order chi connectivity index (χ1) is 13.5. The Hall–Kier alpha value is -3.94. The fraction of sp³-hybridized carbons (Fsp3) is 0.0500. The number of nitrogens with one attached hydrogen (secondary N) is 1. The number of furan rings is 1. The van der Waals surface area contributed by atoms with Crippen LogP contribution in [0, 0.1) is 15.9 Å².